The minimum absolute atomic E-state index is 0. The van der Waals surface area contributed by atoms with E-state index in [1.807, 2.05) is 6.92 Å². The summed E-state index contributed by atoms with van der Waals surface area (Å²) in [6.07, 6.45) is 0.779. The summed E-state index contributed by atoms with van der Waals surface area (Å²) < 4.78 is 15.1. The summed E-state index contributed by atoms with van der Waals surface area (Å²) in [7, 11) is -3.44. The zero-order valence-electron chi connectivity index (χ0n) is 6.79. The van der Waals surface area contributed by atoms with Crippen LogP contribution < -0.4 is 56.3 Å². The van der Waals surface area contributed by atoms with Gasteiger partial charge in [0.2, 0.25) is 0 Å². The van der Waals surface area contributed by atoms with Crippen molar-refractivity contribution in [2.75, 3.05) is 12.8 Å². The Balaban J connectivity index is 0. The molecule has 0 aromatic heterocycles. The van der Waals surface area contributed by atoms with Crippen LogP contribution in [0.15, 0.2) is 0 Å². The molecule has 0 aliphatic carbocycles. The van der Waals surface area contributed by atoms with E-state index in [1.165, 1.54) is 0 Å². The van der Waals surface area contributed by atoms with E-state index in [9.17, 15) is 9.46 Å². The number of hydrogen-bond acceptors (Lipinski definition) is 3. The van der Waals surface area contributed by atoms with Gasteiger partial charge in [-0.05, 0) is 13.3 Å². The van der Waals surface area contributed by atoms with E-state index in [1.54, 1.807) is 6.92 Å². The van der Waals surface area contributed by atoms with Gasteiger partial charge in [0.25, 0.3) is 0 Å². The maximum atomic E-state index is 10.6. The minimum Gasteiger partial charge on any atom is -0.778 e. The van der Waals surface area contributed by atoms with Crippen molar-refractivity contribution in [2.24, 2.45) is 0 Å². The van der Waals surface area contributed by atoms with Crippen molar-refractivity contribution < 1.29 is 65.4 Å². The topological polar surface area (TPSA) is 49.4 Å². The van der Waals surface area contributed by atoms with Crippen LogP contribution in [0.3, 0.4) is 0 Å². The molecule has 0 amide bonds. The summed E-state index contributed by atoms with van der Waals surface area (Å²) in [6, 6.07) is 0. The first-order valence-electron chi connectivity index (χ1n) is 3.07. The molecule has 0 bridgehead atoms. The van der Waals surface area contributed by atoms with E-state index in [2.05, 4.69) is 4.52 Å². The third-order valence-electron chi connectivity index (χ3n) is 0.823. The maximum Gasteiger partial charge on any atom is 1.00 e. The molecule has 3 nitrogen and oxygen atoms in total. The van der Waals surface area contributed by atoms with Crippen molar-refractivity contribution in [2.45, 2.75) is 20.3 Å². The average Bonchev–Trinajstić information content (AvgIpc) is 1.64. The first kappa shape index (κ1) is 14.3. The fourth-order valence-corrected chi connectivity index (χ4v) is 1.61. The Morgan fingerprint density at radius 2 is 2.00 bits per heavy atom. The maximum absolute atomic E-state index is 10.6. The SMILES string of the molecule is CCCP(=O)([O-])OCC.[K+]. The zero-order chi connectivity index (χ0) is 7.33. The third-order valence-corrected chi connectivity index (χ3v) is 2.47. The van der Waals surface area contributed by atoms with Gasteiger partial charge in [0.05, 0.1) is 6.61 Å². The van der Waals surface area contributed by atoms with Gasteiger partial charge in [-0.1, -0.05) is 6.92 Å². The van der Waals surface area contributed by atoms with Crippen molar-refractivity contribution >= 4 is 7.60 Å². The standard InChI is InChI=1S/C5H13O3P.K/c1-3-5-9(6,7)8-4-2;/h3-5H2,1-2H3,(H,6,7);/q;+1/p-1. The van der Waals surface area contributed by atoms with Crippen LogP contribution in [0.5, 0.6) is 0 Å². The summed E-state index contributed by atoms with van der Waals surface area (Å²) in [4.78, 5) is 10.6. The van der Waals surface area contributed by atoms with Crippen LogP contribution in [0.4, 0.5) is 0 Å². The summed E-state index contributed by atoms with van der Waals surface area (Å²) in [6.45, 7) is 3.73. The quantitative estimate of drug-likeness (QED) is 0.380. The second kappa shape index (κ2) is 7.44. The fraction of sp³-hybridized carbons (Fsp3) is 1.00. The van der Waals surface area contributed by atoms with Gasteiger partial charge >= 0.3 is 51.4 Å². The normalized spacial score (nSPS) is 15.5. The van der Waals surface area contributed by atoms with E-state index in [0.29, 0.717) is 6.42 Å². The van der Waals surface area contributed by atoms with Gasteiger partial charge in [-0.15, -0.1) is 0 Å². The molecule has 10 heavy (non-hydrogen) atoms. The van der Waals surface area contributed by atoms with E-state index in [-0.39, 0.29) is 64.2 Å². The smallest absolute Gasteiger partial charge is 0.778 e. The van der Waals surface area contributed by atoms with Crippen molar-refractivity contribution in [1.82, 2.24) is 0 Å². The molecule has 56 valence electrons. The Morgan fingerprint density at radius 1 is 1.50 bits per heavy atom. The van der Waals surface area contributed by atoms with Gasteiger partial charge in [-0.25, -0.2) is 0 Å². The summed E-state index contributed by atoms with van der Waals surface area (Å²) >= 11 is 0. The Bertz CT molecular complexity index is 107. The van der Waals surface area contributed by atoms with Crippen molar-refractivity contribution in [3.05, 3.63) is 0 Å². The fourth-order valence-electron chi connectivity index (χ4n) is 0.535. The molecule has 0 saturated heterocycles. The number of rotatable bonds is 4. The molecular weight excluding hydrogens is 178 g/mol. The van der Waals surface area contributed by atoms with Crippen molar-refractivity contribution in [1.29, 1.82) is 0 Å². The monoisotopic (exact) mass is 190 g/mol. The van der Waals surface area contributed by atoms with Gasteiger partial charge in [0, 0.05) is 6.16 Å². The van der Waals surface area contributed by atoms with E-state index >= 15 is 0 Å². The third kappa shape index (κ3) is 7.89. The second-order valence-corrected chi connectivity index (χ2v) is 3.68. The molecule has 0 aliphatic rings. The Hall–Kier alpha value is 1.79. The molecule has 0 heterocycles. The van der Waals surface area contributed by atoms with Crippen LogP contribution in [0.1, 0.15) is 20.3 Å². The van der Waals surface area contributed by atoms with Crippen LogP contribution in [-0.2, 0) is 9.09 Å². The van der Waals surface area contributed by atoms with E-state index in [4.69, 9.17) is 0 Å². The first-order valence-corrected chi connectivity index (χ1v) is 4.79. The molecule has 0 rings (SSSR count). The summed E-state index contributed by atoms with van der Waals surface area (Å²) in [5.41, 5.74) is 0. The van der Waals surface area contributed by atoms with Crippen molar-refractivity contribution in [3.8, 4) is 0 Å². The predicted octanol–water partition coefficient (Wildman–Crippen LogP) is -2.01. The van der Waals surface area contributed by atoms with Crippen LogP contribution in [0.2, 0.25) is 0 Å². The van der Waals surface area contributed by atoms with Crippen LogP contribution in [0, 0.1) is 0 Å². The van der Waals surface area contributed by atoms with Gasteiger partial charge in [0.15, 0.2) is 0 Å². The van der Waals surface area contributed by atoms with Gasteiger partial charge < -0.3 is 14.0 Å². The summed E-state index contributed by atoms with van der Waals surface area (Å²) in [5, 5.41) is 0. The molecule has 0 aliphatic heterocycles. The first-order chi connectivity index (χ1) is 4.12. The van der Waals surface area contributed by atoms with E-state index in [0.717, 1.165) is 0 Å². The molecule has 0 aromatic rings. The van der Waals surface area contributed by atoms with Gasteiger partial charge in [-0.2, -0.15) is 0 Å². The molecule has 1 atom stereocenters. The van der Waals surface area contributed by atoms with Crippen LogP contribution >= 0.6 is 7.60 Å². The van der Waals surface area contributed by atoms with E-state index < -0.39 is 7.60 Å². The molecule has 5 heteroatoms. The Labute approximate surface area is 104 Å². The molecule has 0 spiro atoms. The second-order valence-electron chi connectivity index (χ2n) is 1.75. The number of hydrogen-bond donors (Lipinski definition) is 0. The molecule has 0 fully saturated rings. The molecule has 0 aromatic carbocycles. The molecule has 0 N–H and O–H groups in total. The largest absolute Gasteiger partial charge is 1.00 e. The van der Waals surface area contributed by atoms with Gasteiger partial charge in [0.1, 0.15) is 7.60 Å². The average molecular weight is 190 g/mol. The molecule has 0 radical (unpaired) electrons. The molecule has 1 unspecified atom stereocenters. The van der Waals surface area contributed by atoms with Gasteiger partial charge in [-0.3, -0.25) is 0 Å². The predicted molar refractivity (Wildman–Crippen MR) is 34.4 cm³/mol. The Kier molecular flexibility index (Phi) is 10.6. The molecular formula is C5H12KO3P. The van der Waals surface area contributed by atoms with Crippen LogP contribution in [-0.4, -0.2) is 12.8 Å². The van der Waals surface area contributed by atoms with Crippen LogP contribution in [0.25, 0.3) is 0 Å². The zero-order valence-corrected chi connectivity index (χ0v) is 10.8. The minimum atomic E-state index is -3.44. The summed E-state index contributed by atoms with van der Waals surface area (Å²) in [5.74, 6) is 0. The molecule has 0 saturated carbocycles. The van der Waals surface area contributed by atoms with Crippen molar-refractivity contribution in [3.63, 3.8) is 0 Å². The Morgan fingerprint density at radius 3 is 2.30 bits per heavy atom.